The highest BCUT2D eigenvalue weighted by Crippen LogP contribution is 2.52. The fourth-order valence-corrected chi connectivity index (χ4v) is 6.79. The standard InChI is InChI=1S/C39H28N4O/c1-3-13-25(14-4-1)37-27-17-7-10-20-31(27)41-39(42-37)32-23-30-35(24-40-32)44-34-22-12-9-19-29(34)38-36(30)28-18-8-11-21-33(28)43(38)26-15-5-2-6-16-26/h1-24,37,39,41-42H. The number of rotatable bonds is 3. The number of aromatic nitrogens is 2. The van der Waals surface area contributed by atoms with E-state index in [-0.39, 0.29) is 12.2 Å². The number of para-hydroxylation sites is 4. The van der Waals surface area contributed by atoms with E-state index < -0.39 is 0 Å². The van der Waals surface area contributed by atoms with Crippen molar-refractivity contribution in [2.24, 2.45) is 0 Å². The van der Waals surface area contributed by atoms with Crippen molar-refractivity contribution in [2.45, 2.75) is 12.2 Å². The lowest BCUT2D eigenvalue weighted by molar-refractivity contribution is 0.477. The number of nitrogens with one attached hydrogen (secondary N) is 2. The summed E-state index contributed by atoms with van der Waals surface area (Å²) in [6, 6.07) is 48.8. The van der Waals surface area contributed by atoms with Gasteiger partial charge in [-0.15, -0.1) is 0 Å². The Morgan fingerprint density at radius 3 is 2.27 bits per heavy atom. The summed E-state index contributed by atoms with van der Waals surface area (Å²) in [4.78, 5) is 4.99. The molecule has 5 aromatic carbocycles. The summed E-state index contributed by atoms with van der Waals surface area (Å²) in [5, 5.41) is 8.75. The third-order valence-electron chi connectivity index (χ3n) is 8.74. The van der Waals surface area contributed by atoms with Crippen LogP contribution in [-0.4, -0.2) is 9.55 Å². The number of benzene rings is 5. The summed E-state index contributed by atoms with van der Waals surface area (Å²) in [5.41, 5.74) is 11.0. The number of hydrogen-bond donors (Lipinski definition) is 2. The molecule has 0 saturated carbocycles. The van der Waals surface area contributed by atoms with Crippen LogP contribution in [0.3, 0.4) is 0 Å². The number of hydrogen-bond acceptors (Lipinski definition) is 4. The molecule has 210 valence electrons. The van der Waals surface area contributed by atoms with Gasteiger partial charge in [0.15, 0.2) is 5.75 Å². The third kappa shape index (κ3) is 3.87. The highest BCUT2D eigenvalue weighted by molar-refractivity contribution is 6.08. The Hall–Kier alpha value is -5.65. The fourth-order valence-electron chi connectivity index (χ4n) is 6.79. The predicted octanol–water partition coefficient (Wildman–Crippen LogP) is 9.27. The van der Waals surface area contributed by atoms with Crippen molar-refractivity contribution in [1.82, 2.24) is 14.9 Å². The molecule has 0 spiro atoms. The first kappa shape index (κ1) is 24.9. The van der Waals surface area contributed by atoms with Crippen LogP contribution in [0, 0.1) is 0 Å². The smallest absolute Gasteiger partial charge is 0.153 e. The Morgan fingerprint density at radius 1 is 0.659 bits per heavy atom. The summed E-state index contributed by atoms with van der Waals surface area (Å²) in [6.45, 7) is 0. The molecule has 0 fully saturated rings. The normalized spacial score (nSPS) is 16.5. The van der Waals surface area contributed by atoms with Crippen molar-refractivity contribution in [3.8, 4) is 39.6 Å². The number of ether oxygens (including phenoxy) is 1. The van der Waals surface area contributed by atoms with Crippen molar-refractivity contribution < 1.29 is 4.74 Å². The molecule has 2 aliphatic heterocycles. The second kappa shape index (κ2) is 9.97. The maximum Gasteiger partial charge on any atom is 0.153 e. The zero-order valence-corrected chi connectivity index (χ0v) is 23.8. The summed E-state index contributed by atoms with van der Waals surface area (Å²) in [5.74, 6) is 1.56. The molecule has 4 heterocycles. The number of nitrogens with zero attached hydrogens (tertiary/aromatic N) is 2. The van der Waals surface area contributed by atoms with Gasteiger partial charge in [-0.05, 0) is 53.6 Å². The number of pyridine rings is 1. The van der Waals surface area contributed by atoms with Gasteiger partial charge in [0.2, 0.25) is 0 Å². The molecule has 2 unspecified atom stereocenters. The topological polar surface area (TPSA) is 51.1 Å². The first-order valence-corrected chi connectivity index (χ1v) is 15.0. The molecule has 5 nitrogen and oxygen atoms in total. The van der Waals surface area contributed by atoms with Gasteiger partial charge in [-0.25, -0.2) is 0 Å². The van der Waals surface area contributed by atoms with Gasteiger partial charge in [0.1, 0.15) is 11.9 Å². The molecule has 0 saturated heterocycles. The first-order valence-electron chi connectivity index (χ1n) is 15.0. The summed E-state index contributed by atoms with van der Waals surface area (Å²) in [7, 11) is 0. The monoisotopic (exact) mass is 568 g/mol. The van der Waals surface area contributed by atoms with Gasteiger partial charge in [-0.2, -0.15) is 0 Å². The van der Waals surface area contributed by atoms with Gasteiger partial charge < -0.3 is 14.6 Å². The molecule has 9 rings (SSSR count). The minimum absolute atomic E-state index is 0.0234. The quantitative estimate of drug-likeness (QED) is 0.223. The molecule has 5 heteroatoms. The minimum atomic E-state index is -0.211. The van der Waals surface area contributed by atoms with E-state index in [0.717, 1.165) is 56.5 Å². The second-order valence-corrected chi connectivity index (χ2v) is 11.3. The lowest BCUT2D eigenvalue weighted by atomic mass is 9.93. The average molecular weight is 569 g/mol. The average Bonchev–Trinajstić information content (AvgIpc) is 3.36. The highest BCUT2D eigenvalue weighted by atomic mass is 16.5. The first-order chi connectivity index (χ1) is 21.8. The minimum Gasteiger partial charge on any atom is -0.454 e. The van der Waals surface area contributed by atoms with Crippen LogP contribution in [0.2, 0.25) is 0 Å². The van der Waals surface area contributed by atoms with E-state index in [2.05, 4.69) is 143 Å². The molecule has 0 amide bonds. The maximum atomic E-state index is 6.66. The maximum absolute atomic E-state index is 6.66. The zero-order chi connectivity index (χ0) is 29.0. The van der Waals surface area contributed by atoms with Gasteiger partial charge >= 0.3 is 0 Å². The van der Waals surface area contributed by atoms with E-state index in [0.29, 0.717) is 0 Å². The van der Waals surface area contributed by atoms with Crippen molar-refractivity contribution in [1.29, 1.82) is 0 Å². The number of anilines is 1. The SMILES string of the molecule is c1ccc(C2NC(c3cc4c(cn3)Oc3ccccc3-c3c-4c4ccccc4n3-c3ccccc3)Nc3ccccc32)cc1. The van der Waals surface area contributed by atoms with Crippen LogP contribution in [-0.2, 0) is 0 Å². The summed E-state index contributed by atoms with van der Waals surface area (Å²) < 4.78 is 9.02. The van der Waals surface area contributed by atoms with Gasteiger partial charge in [0, 0.05) is 33.5 Å². The van der Waals surface area contributed by atoms with E-state index in [4.69, 9.17) is 9.72 Å². The Morgan fingerprint density at radius 2 is 1.39 bits per heavy atom. The Balaban J connectivity index is 1.27. The molecule has 0 radical (unpaired) electrons. The molecule has 2 aromatic heterocycles. The largest absolute Gasteiger partial charge is 0.454 e. The van der Waals surface area contributed by atoms with Gasteiger partial charge in [0.25, 0.3) is 0 Å². The zero-order valence-electron chi connectivity index (χ0n) is 23.8. The van der Waals surface area contributed by atoms with Crippen LogP contribution < -0.4 is 15.4 Å². The van der Waals surface area contributed by atoms with Gasteiger partial charge in [0.05, 0.1) is 29.1 Å². The van der Waals surface area contributed by atoms with E-state index in [9.17, 15) is 0 Å². The third-order valence-corrected chi connectivity index (χ3v) is 8.74. The second-order valence-electron chi connectivity index (χ2n) is 11.3. The molecule has 7 aromatic rings. The van der Waals surface area contributed by atoms with Crippen LogP contribution in [0.5, 0.6) is 11.5 Å². The van der Waals surface area contributed by atoms with Crippen molar-refractivity contribution in [2.75, 3.05) is 5.32 Å². The predicted molar refractivity (Wildman–Crippen MR) is 176 cm³/mol. The molecule has 2 atom stereocenters. The van der Waals surface area contributed by atoms with Crippen molar-refractivity contribution in [3.63, 3.8) is 0 Å². The number of fused-ring (bicyclic) bond motifs is 8. The van der Waals surface area contributed by atoms with E-state index >= 15 is 0 Å². The molecular formula is C39H28N4O. The summed E-state index contributed by atoms with van der Waals surface area (Å²) >= 11 is 0. The molecule has 2 N–H and O–H groups in total. The Bertz CT molecular complexity index is 2170. The van der Waals surface area contributed by atoms with Crippen molar-refractivity contribution in [3.05, 3.63) is 163 Å². The summed E-state index contributed by atoms with van der Waals surface area (Å²) in [6.07, 6.45) is 1.67. The lowest BCUT2D eigenvalue weighted by Crippen LogP contribution is -2.37. The Labute approximate surface area is 255 Å². The van der Waals surface area contributed by atoms with E-state index in [1.807, 2.05) is 18.3 Å². The van der Waals surface area contributed by atoms with E-state index in [1.54, 1.807) is 0 Å². The van der Waals surface area contributed by atoms with Crippen LogP contribution in [0.15, 0.2) is 146 Å². The Kier molecular flexibility index (Phi) is 5.64. The van der Waals surface area contributed by atoms with Crippen LogP contribution in [0.4, 0.5) is 5.69 Å². The van der Waals surface area contributed by atoms with Gasteiger partial charge in [-0.1, -0.05) is 97.1 Å². The van der Waals surface area contributed by atoms with Gasteiger partial charge in [-0.3, -0.25) is 10.3 Å². The lowest BCUT2D eigenvalue weighted by Gasteiger charge is -2.35. The van der Waals surface area contributed by atoms with Crippen LogP contribution in [0.1, 0.15) is 29.0 Å². The fraction of sp³-hybridized carbons (Fsp3) is 0.0513. The van der Waals surface area contributed by atoms with Crippen molar-refractivity contribution >= 4 is 16.6 Å². The molecule has 2 aliphatic rings. The molecular weight excluding hydrogens is 540 g/mol. The van der Waals surface area contributed by atoms with E-state index in [1.165, 1.54) is 16.5 Å². The molecule has 0 bridgehead atoms. The van der Waals surface area contributed by atoms with Crippen LogP contribution in [0.25, 0.3) is 39.0 Å². The highest BCUT2D eigenvalue weighted by Gasteiger charge is 2.32. The van der Waals surface area contributed by atoms with Crippen LogP contribution >= 0.6 is 0 Å². The molecule has 44 heavy (non-hydrogen) atoms. The molecule has 0 aliphatic carbocycles.